The Morgan fingerprint density at radius 2 is 1.83 bits per heavy atom. The van der Waals surface area contributed by atoms with Gasteiger partial charge in [-0.25, -0.2) is 4.79 Å². The van der Waals surface area contributed by atoms with Gasteiger partial charge < -0.3 is 14.2 Å². The summed E-state index contributed by atoms with van der Waals surface area (Å²) in [6, 6.07) is 8.00. The highest BCUT2D eigenvalue weighted by Gasteiger charge is 2.18. The Balaban J connectivity index is 1.74. The maximum atomic E-state index is 12.1. The van der Waals surface area contributed by atoms with Crippen LogP contribution < -0.4 is 9.47 Å². The molecule has 0 bridgehead atoms. The molecule has 1 aliphatic rings. The first-order valence-corrected chi connectivity index (χ1v) is 7.88. The smallest absolute Gasteiger partial charge is 0.340 e. The van der Waals surface area contributed by atoms with Crippen LogP contribution in [0.3, 0.4) is 0 Å². The van der Waals surface area contributed by atoms with Gasteiger partial charge in [0.15, 0.2) is 11.5 Å². The van der Waals surface area contributed by atoms with Gasteiger partial charge in [0.1, 0.15) is 19.8 Å². The van der Waals surface area contributed by atoms with Crippen LogP contribution >= 0.6 is 34.8 Å². The molecular weight excluding hydrogens is 363 g/mol. The summed E-state index contributed by atoms with van der Waals surface area (Å²) in [7, 11) is 0. The molecular formula is C16H11Cl3O4. The summed E-state index contributed by atoms with van der Waals surface area (Å²) in [5.41, 5.74) is 0.897. The third-order valence-corrected chi connectivity index (χ3v) is 4.02. The molecule has 0 fully saturated rings. The van der Waals surface area contributed by atoms with E-state index in [9.17, 15) is 4.79 Å². The standard InChI is InChI=1S/C16H11Cl3O4/c17-10-1-2-12(18)11(7-10)16(20)23-8-9-5-13(19)15-14(6-9)21-3-4-22-15/h1-2,5-7H,3-4,8H2. The van der Waals surface area contributed by atoms with Crippen molar-refractivity contribution in [3.63, 3.8) is 0 Å². The second-order valence-electron chi connectivity index (χ2n) is 4.80. The Labute approximate surface area is 147 Å². The molecule has 4 nitrogen and oxygen atoms in total. The predicted octanol–water partition coefficient (Wildman–Crippen LogP) is 4.78. The molecule has 3 rings (SSSR count). The number of carbonyl (C=O) groups is 1. The van der Waals surface area contributed by atoms with Crippen molar-refractivity contribution in [2.75, 3.05) is 13.2 Å². The normalized spacial score (nSPS) is 12.8. The Kier molecular flexibility index (Phi) is 4.85. The van der Waals surface area contributed by atoms with E-state index in [1.54, 1.807) is 24.3 Å². The maximum absolute atomic E-state index is 12.1. The van der Waals surface area contributed by atoms with E-state index in [2.05, 4.69) is 0 Å². The molecule has 0 atom stereocenters. The Morgan fingerprint density at radius 3 is 2.65 bits per heavy atom. The minimum absolute atomic E-state index is 0.0258. The SMILES string of the molecule is O=C(OCc1cc(Cl)c2c(c1)OCCO2)c1cc(Cl)ccc1Cl. The van der Waals surface area contributed by atoms with Crippen molar-refractivity contribution in [2.45, 2.75) is 6.61 Å². The predicted molar refractivity (Wildman–Crippen MR) is 88.0 cm³/mol. The van der Waals surface area contributed by atoms with Crippen molar-refractivity contribution >= 4 is 40.8 Å². The summed E-state index contributed by atoms with van der Waals surface area (Å²) in [6.45, 7) is 0.928. The minimum atomic E-state index is -0.566. The Bertz CT molecular complexity index is 761. The molecule has 0 aliphatic carbocycles. The molecule has 120 valence electrons. The highest BCUT2D eigenvalue weighted by atomic mass is 35.5. The van der Waals surface area contributed by atoms with Crippen LogP contribution in [0.2, 0.25) is 15.1 Å². The van der Waals surface area contributed by atoms with Crippen LogP contribution in [0.5, 0.6) is 11.5 Å². The Hall–Kier alpha value is -1.62. The van der Waals surface area contributed by atoms with E-state index in [1.807, 2.05) is 0 Å². The third kappa shape index (κ3) is 3.66. The molecule has 0 unspecified atom stereocenters. The molecule has 0 saturated heterocycles. The van der Waals surface area contributed by atoms with Crippen LogP contribution in [0.15, 0.2) is 30.3 Å². The number of hydrogen-bond acceptors (Lipinski definition) is 4. The number of fused-ring (bicyclic) bond motifs is 1. The molecule has 0 amide bonds. The average Bonchev–Trinajstić information content (AvgIpc) is 2.55. The van der Waals surface area contributed by atoms with Gasteiger partial charge in [-0.2, -0.15) is 0 Å². The number of benzene rings is 2. The van der Waals surface area contributed by atoms with Crippen LogP contribution in [0.1, 0.15) is 15.9 Å². The van der Waals surface area contributed by atoms with Crippen molar-refractivity contribution in [3.8, 4) is 11.5 Å². The number of carbonyl (C=O) groups excluding carboxylic acids is 1. The van der Waals surface area contributed by atoms with Crippen molar-refractivity contribution in [1.82, 2.24) is 0 Å². The first-order valence-electron chi connectivity index (χ1n) is 6.75. The van der Waals surface area contributed by atoms with Crippen LogP contribution in [0, 0.1) is 0 Å². The molecule has 0 N–H and O–H groups in total. The maximum Gasteiger partial charge on any atom is 0.340 e. The lowest BCUT2D eigenvalue weighted by Crippen LogP contribution is -2.16. The van der Waals surface area contributed by atoms with E-state index >= 15 is 0 Å². The van der Waals surface area contributed by atoms with Crippen LogP contribution in [0.4, 0.5) is 0 Å². The lowest BCUT2D eigenvalue weighted by atomic mass is 10.2. The summed E-state index contributed by atoms with van der Waals surface area (Å²) in [5, 5.41) is 1.09. The quantitative estimate of drug-likeness (QED) is 0.727. The zero-order valence-corrected chi connectivity index (χ0v) is 14.0. The fraction of sp³-hybridized carbons (Fsp3) is 0.188. The van der Waals surface area contributed by atoms with Crippen LogP contribution in [0.25, 0.3) is 0 Å². The largest absolute Gasteiger partial charge is 0.486 e. The Morgan fingerprint density at radius 1 is 1.04 bits per heavy atom. The van der Waals surface area contributed by atoms with E-state index in [4.69, 9.17) is 49.0 Å². The van der Waals surface area contributed by atoms with Gasteiger partial charge >= 0.3 is 5.97 Å². The summed E-state index contributed by atoms with van der Waals surface area (Å²) < 4.78 is 16.2. The van der Waals surface area contributed by atoms with Gasteiger partial charge in [0, 0.05) is 5.02 Å². The van der Waals surface area contributed by atoms with Gasteiger partial charge in [0.2, 0.25) is 0 Å². The summed E-state index contributed by atoms with van der Waals surface area (Å²) in [6.07, 6.45) is 0. The fourth-order valence-corrected chi connectivity index (χ4v) is 2.78. The van der Waals surface area contributed by atoms with E-state index in [0.29, 0.717) is 40.3 Å². The third-order valence-electron chi connectivity index (χ3n) is 3.17. The minimum Gasteiger partial charge on any atom is -0.486 e. The van der Waals surface area contributed by atoms with E-state index < -0.39 is 5.97 Å². The molecule has 0 saturated carbocycles. The molecule has 2 aromatic rings. The molecule has 23 heavy (non-hydrogen) atoms. The summed E-state index contributed by atoms with van der Waals surface area (Å²) >= 11 is 18.0. The van der Waals surface area contributed by atoms with Gasteiger partial charge in [-0.1, -0.05) is 34.8 Å². The van der Waals surface area contributed by atoms with Gasteiger partial charge in [-0.05, 0) is 35.9 Å². The second kappa shape index (κ2) is 6.87. The molecule has 0 spiro atoms. The molecule has 7 heteroatoms. The van der Waals surface area contributed by atoms with Gasteiger partial charge in [-0.3, -0.25) is 0 Å². The van der Waals surface area contributed by atoms with Gasteiger partial charge in [0.25, 0.3) is 0 Å². The van der Waals surface area contributed by atoms with E-state index in [1.165, 1.54) is 6.07 Å². The highest BCUT2D eigenvalue weighted by Crippen LogP contribution is 2.38. The zero-order chi connectivity index (χ0) is 16.4. The monoisotopic (exact) mass is 372 g/mol. The average molecular weight is 374 g/mol. The number of esters is 1. The van der Waals surface area contributed by atoms with E-state index in [0.717, 1.165) is 0 Å². The first-order chi connectivity index (χ1) is 11.0. The molecule has 1 heterocycles. The van der Waals surface area contributed by atoms with E-state index in [-0.39, 0.29) is 17.2 Å². The fourth-order valence-electron chi connectivity index (χ4n) is 2.13. The zero-order valence-electron chi connectivity index (χ0n) is 11.8. The van der Waals surface area contributed by atoms with Gasteiger partial charge in [0.05, 0.1) is 15.6 Å². The lowest BCUT2D eigenvalue weighted by molar-refractivity contribution is 0.0472. The number of hydrogen-bond donors (Lipinski definition) is 0. The molecule has 0 aromatic heterocycles. The summed E-state index contributed by atoms with van der Waals surface area (Å²) in [5.74, 6) is 0.477. The number of rotatable bonds is 3. The summed E-state index contributed by atoms with van der Waals surface area (Å²) in [4.78, 5) is 12.1. The van der Waals surface area contributed by atoms with Crippen LogP contribution in [-0.2, 0) is 11.3 Å². The number of halogens is 3. The lowest BCUT2D eigenvalue weighted by Gasteiger charge is -2.20. The number of ether oxygens (including phenoxy) is 3. The molecule has 1 aliphatic heterocycles. The topological polar surface area (TPSA) is 44.8 Å². The van der Waals surface area contributed by atoms with Gasteiger partial charge in [-0.15, -0.1) is 0 Å². The van der Waals surface area contributed by atoms with Crippen molar-refractivity contribution in [3.05, 3.63) is 56.5 Å². The molecule has 0 radical (unpaired) electrons. The van der Waals surface area contributed by atoms with Crippen molar-refractivity contribution in [2.24, 2.45) is 0 Å². The second-order valence-corrected chi connectivity index (χ2v) is 6.05. The van der Waals surface area contributed by atoms with Crippen LogP contribution in [-0.4, -0.2) is 19.2 Å². The molecule has 2 aromatic carbocycles. The first kappa shape index (κ1) is 16.2. The highest BCUT2D eigenvalue weighted by molar-refractivity contribution is 6.35. The van der Waals surface area contributed by atoms with Crippen molar-refractivity contribution < 1.29 is 19.0 Å². The van der Waals surface area contributed by atoms with Crippen molar-refractivity contribution in [1.29, 1.82) is 0 Å².